The molecule has 2 rings (SSSR count). The highest BCUT2D eigenvalue weighted by molar-refractivity contribution is 7.92. The van der Waals surface area contributed by atoms with E-state index < -0.39 is 28.6 Å². The number of aryl methyl sites for hydroxylation is 1. The number of hydrogen-bond acceptors (Lipinski definition) is 5. The van der Waals surface area contributed by atoms with Gasteiger partial charge in [0.1, 0.15) is 6.54 Å². The van der Waals surface area contributed by atoms with Crippen LogP contribution in [0.1, 0.15) is 51.2 Å². The molecule has 1 fully saturated rings. The highest BCUT2D eigenvalue weighted by atomic mass is 32.2. The number of ether oxygens (including phenoxy) is 1. The fraction of sp³-hybridized carbons (Fsp3) is 0.524. The van der Waals surface area contributed by atoms with Gasteiger partial charge in [-0.05, 0) is 58.6 Å². The minimum absolute atomic E-state index is 0.0952. The van der Waals surface area contributed by atoms with Gasteiger partial charge in [-0.3, -0.25) is 9.59 Å². The van der Waals surface area contributed by atoms with Crippen LogP contribution in [0, 0.1) is 6.92 Å². The Morgan fingerprint density at radius 2 is 1.79 bits per heavy atom. The van der Waals surface area contributed by atoms with Crippen LogP contribution in [0.2, 0.25) is 0 Å². The lowest BCUT2D eigenvalue weighted by Gasteiger charge is -2.40. The predicted octanol–water partition coefficient (Wildman–Crippen LogP) is 2.61. The molecule has 1 aromatic rings. The molecule has 0 spiro atoms. The summed E-state index contributed by atoms with van der Waals surface area (Å²) in [6.45, 7) is 6.88. The van der Waals surface area contributed by atoms with Gasteiger partial charge in [-0.15, -0.1) is 0 Å². The number of benzene rings is 1. The van der Waals surface area contributed by atoms with E-state index in [-0.39, 0.29) is 18.0 Å². The summed E-state index contributed by atoms with van der Waals surface area (Å²) in [6, 6.07) is 7.53. The Morgan fingerprint density at radius 3 is 2.38 bits per heavy atom. The fourth-order valence-corrected chi connectivity index (χ4v) is 4.16. The third-order valence-corrected chi connectivity index (χ3v) is 6.08. The first-order chi connectivity index (χ1) is 13.6. The standard InChI is InChI=1S/C21H30N2O5S/c1-15-8-10-19(11-9-15)12-13-29(26,27)22-14-20(24)28-18(4)21(25)23-16(2)6-5-7-17(23)3/h8-13,16-18,22H,5-7,14H2,1-4H3/b13-12+/t16-,17+,18-/m0/s1. The number of hydrogen-bond donors (Lipinski definition) is 1. The second kappa shape index (κ2) is 10.0. The quantitative estimate of drug-likeness (QED) is 0.682. The Labute approximate surface area is 173 Å². The zero-order chi connectivity index (χ0) is 21.6. The fourth-order valence-electron chi connectivity index (χ4n) is 3.41. The molecule has 1 saturated heterocycles. The average Bonchev–Trinajstić information content (AvgIpc) is 2.66. The van der Waals surface area contributed by atoms with E-state index in [1.54, 1.807) is 17.0 Å². The van der Waals surface area contributed by atoms with Crippen LogP contribution in [0.25, 0.3) is 6.08 Å². The molecule has 1 aliphatic heterocycles. The van der Waals surface area contributed by atoms with Gasteiger partial charge in [0.25, 0.3) is 5.91 Å². The minimum atomic E-state index is -3.81. The van der Waals surface area contributed by atoms with E-state index in [1.165, 1.54) is 13.0 Å². The zero-order valence-corrected chi connectivity index (χ0v) is 18.2. The second-order valence-corrected chi connectivity index (χ2v) is 9.24. The SMILES string of the molecule is Cc1ccc(/C=C/S(=O)(=O)NCC(=O)O[C@@H](C)C(=O)N2[C@H](C)CCC[C@@H]2C)cc1. The van der Waals surface area contributed by atoms with Gasteiger partial charge in [-0.1, -0.05) is 29.8 Å². The van der Waals surface area contributed by atoms with E-state index in [2.05, 4.69) is 4.72 Å². The summed E-state index contributed by atoms with van der Waals surface area (Å²) >= 11 is 0. The Kier molecular flexibility index (Phi) is 7.98. The first kappa shape index (κ1) is 23.1. The van der Waals surface area contributed by atoms with Gasteiger partial charge in [0.05, 0.1) is 0 Å². The van der Waals surface area contributed by atoms with Gasteiger partial charge in [0.2, 0.25) is 10.0 Å². The number of esters is 1. The summed E-state index contributed by atoms with van der Waals surface area (Å²) in [5.41, 5.74) is 1.80. The van der Waals surface area contributed by atoms with Gasteiger partial charge in [-0.25, -0.2) is 13.1 Å². The molecule has 0 radical (unpaired) electrons. The number of likely N-dealkylation sites (tertiary alicyclic amines) is 1. The van der Waals surface area contributed by atoms with Crippen LogP contribution in [0.5, 0.6) is 0 Å². The van der Waals surface area contributed by atoms with Gasteiger partial charge < -0.3 is 9.64 Å². The summed E-state index contributed by atoms with van der Waals surface area (Å²) in [5, 5.41) is 0.997. The molecule has 3 atom stereocenters. The van der Waals surface area contributed by atoms with Crippen molar-refractivity contribution in [2.75, 3.05) is 6.54 Å². The Hall–Kier alpha value is -2.19. The molecule has 0 unspecified atom stereocenters. The van der Waals surface area contributed by atoms with E-state index in [9.17, 15) is 18.0 Å². The molecule has 0 aromatic heterocycles. The van der Waals surface area contributed by atoms with E-state index in [4.69, 9.17) is 4.74 Å². The van der Waals surface area contributed by atoms with Crippen molar-refractivity contribution >= 4 is 28.0 Å². The number of carbonyl (C=O) groups is 2. The van der Waals surface area contributed by atoms with E-state index in [1.807, 2.05) is 32.9 Å². The van der Waals surface area contributed by atoms with Crippen LogP contribution in [-0.4, -0.2) is 49.9 Å². The van der Waals surface area contributed by atoms with E-state index in [0.717, 1.165) is 35.8 Å². The van der Waals surface area contributed by atoms with Crippen LogP contribution in [-0.2, 0) is 24.3 Å². The molecule has 7 nitrogen and oxygen atoms in total. The molecule has 0 bridgehead atoms. The third kappa shape index (κ3) is 6.97. The molecular weight excluding hydrogens is 392 g/mol. The van der Waals surface area contributed by atoms with Crippen LogP contribution in [0.15, 0.2) is 29.7 Å². The number of nitrogens with one attached hydrogen (secondary N) is 1. The molecule has 1 heterocycles. The molecule has 8 heteroatoms. The van der Waals surface area contributed by atoms with Crippen molar-refractivity contribution in [1.82, 2.24) is 9.62 Å². The van der Waals surface area contributed by atoms with E-state index >= 15 is 0 Å². The molecule has 1 aromatic carbocycles. The zero-order valence-electron chi connectivity index (χ0n) is 17.4. The number of amides is 1. The second-order valence-electron chi connectivity index (χ2n) is 7.59. The summed E-state index contributed by atoms with van der Waals surface area (Å²) in [4.78, 5) is 26.4. The first-order valence-corrected chi connectivity index (χ1v) is 11.4. The molecule has 1 aliphatic rings. The summed E-state index contributed by atoms with van der Waals surface area (Å²) < 4.78 is 31.4. The van der Waals surface area contributed by atoms with Crippen molar-refractivity contribution in [2.24, 2.45) is 0 Å². The molecule has 29 heavy (non-hydrogen) atoms. The van der Waals surface area contributed by atoms with Crippen molar-refractivity contribution < 1.29 is 22.7 Å². The average molecular weight is 423 g/mol. The largest absolute Gasteiger partial charge is 0.452 e. The monoisotopic (exact) mass is 422 g/mol. The summed E-state index contributed by atoms with van der Waals surface area (Å²) in [7, 11) is -3.81. The van der Waals surface area contributed by atoms with Crippen molar-refractivity contribution in [3.05, 3.63) is 40.8 Å². The van der Waals surface area contributed by atoms with E-state index in [0.29, 0.717) is 0 Å². The molecule has 1 N–H and O–H groups in total. The highest BCUT2D eigenvalue weighted by Crippen LogP contribution is 2.23. The maximum Gasteiger partial charge on any atom is 0.321 e. The van der Waals surface area contributed by atoms with Crippen molar-refractivity contribution in [2.45, 2.75) is 65.1 Å². The lowest BCUT2D eigenvalue weighted by molar-refractivity contribution is -0.161. The molecule has 160 valence electrons. The number of piperidine rings is 1. The predicted molar refractivity (Wildman–Crippen MR) is 112 cm³/mol. The van der Waals surface area contributed by atoms with Crippen LogP contribution in [0.4, 0.5) is 0 Å². The number of carbonyl (C=O) groups excluding carboxylic acids is 2. The lowest BCUT2D eigenvalue weighted by atomic mass is 9.97. The maximum absolute atomic E-state index is 12.6. The third-order valence-electron chi connectivity index (χ3n) is 5.04. The lowest BCUT2D eigenvalue weighted by Crippen LogP contribution is -2.51. The normalized spacial score (nSPS) is 21.2. The molecule has 1 amide bonds. The summed E-state index contributed by atoms with van der Waals surface area (Å²) in [6.07, 6.45) is 3.39. The van der Waals surface area contributed by atoms with Crippen LogP contribution < -0.4 is 4.72 Å². The minimum Gasteiger partial charge on any atom is -0.452 e. The smallest absolute Gasteiger partial charge is 0.321 e. The van der Waals surface area contributed by atoms with Crippen molar-refractivity contribution in [3.63, 3.8) is 0 Å². The first-order valence-electron chi connectivity index (χ1n) is 9.85. The van der Waals surface area contributed by atoms with Crippen LogP contribution >= 0.6 is 0 Å². The maximum atomic E-state index is 12.6. The Bertz CT molecular complexity index is 838. The topological polar surface area (TPSA) is 92.8 Å². The number of rotatable bonds is 7. The molecule has 0 aliphatic carbocycles. The number of sulfonamides is 1. The molecule has 0 saturated carbocycles. The molecular formula is C21H30N2O5S. The van der Waals surface area contributed by atoms with Gasteiger partial charge in [0.15, 0.2) is 6.10 Å². The Morgan fingerprint density at radius 1 is 1.21 bits per heavy atom. The highest BCUT2D eigenvalue weighted by Gasteiger charge is 2.33. The van der Waals surface area contributed by atoms with Gasteiger partial charge in [-0.2, -0.15) is 0 Å². The van der Waals surface area contributed by atoms with Gasteiger partial charge >= 0.3 is 5.97 Å². The number of nitrogens with zero attached hydrogens (tertiary/aromatic N) is 1. The summed E-state index contributed by atoms with van der Waals surface area (Å²) in [5.74, 6) is -1.05. The van der Waals surface area contributed by atoms with Crippen molar-refractivity contribution in [3.8, 4) is 0 Å². The van der Waals surface area contributed by atoms with Crippen molar-refractivity contribution in [1.29, 1.82) is 0 Å². The Balaban J connectivity index is 1.86. The van der Waals surface area contributed by atoms with Gasteiger partial charge in [0, 0.05) is 17.5 Å². The van der Waals surface area contributed by atoms with Crippen LogP contribution in [0.3, 0.4) is 0 Å².